The van der Waals surface area contributed by atoms with Crippen molar-refractivity contribution in [3.05, 3.63) is 65.7 Å². The van der Waals surface area contributed by atoms with Crippen LogP contribution in [-0.4, -0.2) is 37.4 Å². The molecule has 0 bridgehead atoms. The molecule has 0 aliphatic heterocycles. The highest BCUT2D eigenvalue weighted by Gasteiger charge is 2.63. The largest absolute Gasteiger partial charge is 0.497 e. The van der Waals surface area contributed by atoms with Crippen molar-refractivity contribution in [1.82, 2.24) is 10.6 Å². The first-order chi connectivity index (χ1) is 13.7. The Bertz CT molecular complexity index is 826. The number of carbonyl (C=O) groups excluding carboxylic acids is 2. The number of ether oxygens (including phenoxy) is 2. The lowest BCUT2D eigenvalue weighted by Gasteiger charge is -2.34. The Hall–Kier alpha value is -3.07. The molecule has 9 heteroatoms. The van der Waals surface area contributed by atoms with Gasteiger partial charge in [0.2, 0.25) is 0 Å². The van der Waals surface area contributed by atoms with Crippen molar-refractivity contribution in [3.8, 4) is 5.75 Å². The Balaban J connectivity index is 2.37. The maximum Gasteiger partial charge on any atom is 0.436 e. The molecule has 156 valence electrons. The first kappa shape index (κ1) is 22.2. The summed E-state index contributed by atoms with van der Waals surface area (Å²) in [4.78, 5) is 24.9. The highest BCUT2D eigenvalue weighted by molar-refractivity contribution is 5.98. The molecule has 2 N–H and O–H groups in total. The average molecular weight is 410 g/mol. The fourth-order valence-electron chi connectivity index (χ4n) is 2.51. The molecule has 0 saturated carbocycles. The van der Waals surface area contributed by atoms with E-state index in [0.29, 0.717) is 11.3 Å². The molecule has 1 atom stereocenters. The minimum Gasteiger partial charge on any atom is -0.497 e. The predicted molar refractivity (Wildman–Crippen MR) is 99.2 cm³/mol. The lowest BCUT2D eigenvalue weighted by atomic mass is 10.1. The van der Waals surface area contributed by atoms with Gasteiger partial charge in [-0.05, 0) is 36.8 Å². The highest BCUT2D eigenvalue weighted by atomic mass is 19.4. The second-order valence-electron chi connectivity index (χ2n) is 5.99. The number of hydrogen-bond acceptors (Lipinski definition) is 5. The molecular weight excluding hydrogens is 389 g/mol. The van der Waals surface area contributed by atoms with E-state index in [1.807, 2.05) is 0 Å². The molecule has 2 aromatic carbocycles. The Morgan fingerprint density at radius 3 is 2.14 bits per heavy atom. The van der Waals surface area contributed by atoms with Gasteiger partial charge in [0, 0.05) is 12.1 Å². The quantitative estimate of drug-likeness (QED) is 0.517. The van der Waals surface area contributed by atoms with E-state index in [0.717, 1.165) is 0 Å². The third kappa shape index (κ3) is 5.26. The van der Waals surface area contributed by atoms with E-state index in [-0.39, 0.29) is 18.7 Å². The van der Waals surface area contributed by atoms with Crippen molar-refractivity contribution in [2.24, 2.45) is 0 Å². The molecule has 0 radical (unpaired) electrons. The molecule has 0 aliphatic rings. The molecule has 0 fully saturated rings. The molecule has 2 rings (SSSR count). The minimum atomic E-state index is -5.17. The van der Waals surface area contributed by atoms with Gasteiger partial charge in [-0.25, -0.2) is 4.79 Å². The fourth-order valence-corrected chi connectivity index (χ4v) is 2.51. The second kappa shape index (κ2) is 9.42. The molecule has 0 unspecified atom stereocenters. The molecule has 29 heavy (non-hydrogen) atoms. The van der Waals surface area contributed by atoms with Crippen LogP contribution in [-0.2, 0) is 16.1 Å². The molecule has 1 amide bonds. The van der Waals surface area contributed by atoms with E-state index in [1.54, 1.807) is 35.6 Å². The number of rotatable bonds is 8. The van der Waals surface area contributed by atoms with Gasteiger partial charge >= 0.3 is 12.1 Å². The predicted octanol–water partition coefficient (Wildman–Crippen LogP) is 3.04. The number of benzene rings is 2. The standard InChI is InChI=1S/C20H21F3N2O4/c1-3-29-18(27)19(20(21,22)23,24-13-14-7-5-4-6-8-14)25-17(26)15-9-11-16(28-2)12-10-15/h4-12,24H,3,13H2,1-2H3,(H,25,26)/t19-/m1/s1. The zero-order valence-corrected chi connectivity index (χ0v) is 15.9. The van der Waals surface area contributed by atoms with E-state index < -0.39 is 23.7 Å². The van der Waals surface area contributed by atoms with E-state index in [9.17, 15) is 22.8 Å². The molecule has 0 aliphatic carbocycles. The first-order valence-electron chi connectivity index (χ1n) is 8.73. The summed E-state index contributed by atoms with van der Waals surface area (Å²) in [6, 6.07) is 13.6. The van der Waals surface area contributed by atoms with Crippen molar-refractivity contribution in [2.45, 2.75) is 25.3 Å². The SMILES string of the molecule is CCOC(=O)[C@@](NCc1ccccc1)(NC(=O)c1ccc(OC)cc1)C(F)(F)F. The van der Waals surface area contributed by atoms with Crippen LogP contribution in [0.4, 0.5) is 13.2 Å². The van der Waals surface area contributed by atoms with Gasteiger partial charge in [-0.3, -0.25) is 10.1 Å². The number of methoxy groups -OCH3 is 1. The third-order valence-electron chi connectivity index (χ3n) is 4.06. The summed E-state index contributed by atoms with van der Waals surface area (Å²) in [6.07, 6.45) is -5.17. The van der Waals surface area contributed by atoms with Crippen LogP contribution in [0.3, 0.4) is 0 Å². The monoisotopic (exact) mass is 410 g/mol. The lowest BCUT2D eigenvalue weighted by molar-refractivity contribution is -0.219. The van der Waals surface area contributed by atoms with Gasteiger partial charge in [0.25, 0.3) is 11.6 Å². The van der Waals surface area contributed by atoms with Crippen molar-refractivity contribution in [2.75, 3.05) is 13.7 Å². The number of alkyl halides is 3. The smallest absolute Gasteiger partial charge is 0.436 e. The van der Waals surface area contributed by atoms with Crippen LogP contribution in [0, 0.1) is 0 Å². The number of amides is 1. The molecular formula is C20H21F3N2O4. The summed E-state index contributed by atoms with van der Waals surface area (Å²) in [6.45, 7) is 0.756. The van der Waals surface area contributed by atoms with E-state index in [4.69, 9.17) is 4.74 Å². The number of esters is 1. The summed E-state index contributed by atoms with van der Waals surface area (Å²) < 4.78 is 51.7. The van der Waals surface area contributed by atoms with Crippen LogP contribution in [0.5, 0.6) is 5.75 Å². The van der Waals surface area contributed by atoms with Crippen molar-refractivity contribution in [1.29, 1.82) is 0 Å². The Morgan fingerprint density at radius 1 is 1.00 bits per heavy atom. The zero-order chi connectivity index (χ0) is 21.5. The van der Waals surface area contributed by atoms with Crippen molar-refractivity contribution in [3.63, 3.8) is 0 Å². The second-order valence-corrected chi connectivity index (χ2v) is 5.99. The normalized spacial score (nSPS) is 13.3. The summed E-state index contributed by atoms with van der Waals surface area (Å²) in [7, 11) is 1.41. The number of hydrogen-bond donors (Lipinski definition) is 2. The van der Waals surface area contributed by atoms with Crippen molar-refractivity contribution >= 4 is 11.9 Å². The zero-order valence-electron chi connectivity index (χ0n) is 15.9. The molecule has 0 spiro atoms. The van der Waals surface area contributed by atoms with Gasteiger partial charge in [-0.1, -0.05) is 30.3 Å². The molecule has 0 heterocycles. The van der Waals surface area contributed by atoms with Crippen LogP contribution in [0.15, 0.2) is 54.6 Å². The van der Waals surface area contributed by atoms with Gasteiger partial charge in [0.1, 0.15) is 5.75 Å². The van der Waals surface area contributed by atoms with Gasteiger partial charge < -0.3 is 14.8 Å². The van der Waals surface area contributed by atoms with Crippen LogP contribution in [0.2, 0.25) is 0 Å². The Kier molecular flexibility index (Phi) is 7.22. The van der Waals surface area contributed by atoms with E-state index in [2.05, 4.69) is 10.1 Å². The lowest BCUT2D eigenvalue weighted by Crippen LogP contribution is -2.72. The first-order valence-corrected chi connectivity index (χ1v) is 8.73. The third-order valence-corrected chi connectivity index (χ3v) is 4.06. The molecule has 0 aromatic heterocycles. The van der Waals surface area contributed by atoms with Crippen LogP contribution >= 0.6 is 0 Å². The Morgan fingerprint density at radius 2 is 1.62 bits per heavy atom. The summed E-state index contributed by atoms with van der Waals surface area (Å²) in [5.41, 5.74) is -3.01. The van der Waals surface area contributed by atoms with E-state index in [1.165, 1.54) is 38.3 Å². The van der Waals surface area contributed by atoms with Crippen LogP contribution in [0.1, 0.15) is 22.8 Å². The van der Waals surface area contributed by atoms with Crippen molar-refractivity contribution < 1.29 is 32.2 Å². The van der Waals surface area contributed by atoms with Gasteiger partial charge in [0.15, 0.2) is 0 Å². The minimum absolute atomic E-state index is 0.0785. The van der Waals surface area contributed by atoms with Crippen LogP contribution in [0.25, 0.3) is 0 Å². The average Bonchev–Trinajstić information content (AvgIpc) is 2.71. The fraction of sp³-hybridized carbons (Fsp3) is 0.300. The van der Waals surface area contributed by atoms with Gasteiger partial charge in [0.05, 0.1) is 13.7 Å². The summed E-state index contributed by atoms with van der Waals surface area (Å²) in [5, 5.41) is 3.93. The number of nitrogens with one attached hydrogen (secondary N) is 2. The van der Waals surface area contributed by atoms with E-state index >= 15 is 0 Å². The topological polar surface area (TPSA) is 76.7 Å². The summed E-state index contributed by atoms with van der Waals surface area (Å²) in [5.74, 6) is -2.32. The highest BCUT2D eigenvalue weighted by Crippen LogP contribution is 2.31. The van der Waals surface area contributed by atoms with Crippen LogP contribution < -0.4 is 15.4 Å². The molecule has 0 saturated heterocycles. The Labute approximate surface area is 166 Å². The maximum absolute atomic E-state index is 14.0. The molecule has 6 nitrogen and oxygen atoms in total. The molecule has 2 aromatic rings. The number of carbonyl (C=O) groups is 2. The van der Waals surface area contributed by atoms with Gasteiger partial charge in [-0.15, -0.1) is 0 Å². The van der Waals surface area contributed by atoms with Gasteiger partial charge in [-0.2, -0.15) is 13.2 Å². The summed E-state index contributed by atoms with van der Waals surface area (Å²) >= 11 is 0. The number of halogens is 3. The maximum atomic E-state index is 14.0.